The molecule has 0 aromatic carbocycles. The van der Waals surface area contributed by atoms with Gasteiger partial charge in [-0.1, -0.05) is 0 Å². The van der Waals surface area contributed by atoms with Gasteiger partial charge in [0, 0.05) is 11.4 Å². The fraction of sp³-hybridized carbons (Fsp3) is 0.615. The van der Waals surface area contributed by atoms with E-state index in [1.54, 1.807) is 11.3 Å². The van der Waals surface area contributed by atoms with Gasteiger partial charge in [0.2, 0.25) is 5.91 Å². The van der Waals surface area contributed by atoms with Crippen LogP contribution < -0.4 is 10.6 Å². The Morgan fingerprint density at radius 2 is 2.32 bits per heavy atom. The van der Waals surface area contributed by atoms with Crippen molar-refractivity contribution >= 4 is 45.6 Å². The third-order valence-corrected chi connectivity index (χ3v) is 5.09. The van der Waals surface area contributed by atoms with Crippen LogP contribution in [0.15, 0.2) is 15.9 Å². The van der Waals surface area contributed by atoms with Crippen molar-refractivity contribution in [2.24, 2.45) is 0 Å². The summed E-state index contributed by atoms with van der Waals surface area (Å²) in [6, 6.07) is 4.15. The highest BCUT2D eigenvalue weighted by Crippen LogP contribution is 2.22. The van der Waals surface area contributed by atoms with Gasteiger partial charge in [-0.25, -0.2) is 0 Å². The van der Waals surface area contributed by atoms with Gasteiger partial charge in [0.1, 0.15) is 0 Å². The summed E-state index contributed by atoms with van der Waals surface area (Å²) in [5.41, 5.74) is -0.367. The molecule has 1 atom stereocenters. The smallest absolute Gasteiger partial charge is 0.240 e. The molecule has 1 fully saturated rings. The molecule has 1 amide bonds. The molecule has 0 aliphatic carbocycles. The number of amides is 1. The molecule has 19 heavy (non-hydrogen) atoms. The molecule has 1 aromatic rings. The Labute approximate surface area is 133 Å². The molecule has 2 rings (SSSR count). The first-order valence-electron chi connectivity index (χ1n) is 6.38. The summed E-state index contributed by atoms with van der Waals surface area (Å²) in [5, 5.41) is 6.37. The van der Waals surface area contributed by atoms with Crippen molar-refractivity contribution < 1.29 is 4.79 Å². The largest absolute Gasteiger partial charge is 0.354 e. The first-order chi connectivity index (χ1) is 8.60. The van der Waals surface area contributed by atoms with Crippen LogP contribution in [0.2, 0.25) is 0 Å². The molecule has 2 N–H and O–H groups in total. The van der Waals surface area contributed by atoms with Crippen molar-refractivity contribution in [3.8, 4) is 0 Å². The Morgan fingerprint density at radius 3 is 2.89 bits per heavy atom. The van der Waals surface area contributed by atoms with Gasteiger partial charge in [-0.2, -0.15) is 0 Å². The molecule has 1 aromatic heterocycles. The summed E-state index contributed by atoms with van der Waals surface area (Å²) in [6.45, 7) is 3.66. The second-order valence-electron chi connectivity index (χ2n) is 4.93. The standard InChI is InChI=1S/C13H19BrN2OS.ClH/c1-13(7-2-3-8-16-13)12(17)15-9-6-10-4-5-11(14)18-10;/h4-5,16H,2-3,6-9H2,1H3,(H,15,17);1H. The number of piperidine rings is 1. The number of thiophene rings is 1. The van der Waals surface area contributed by atoms with E-state index in [2.05, 4.69) is 32.6 Å². The molecule has 1 unspecified atom stereocenters. The minimum atomic E-state index is -0.367. The molecule has 3 nitrogen and oxygen atoms in total. The molecule has 1 aliphatic heterocycles. The van der Waals surface area contributed by atoms with E-state index >= 15 is 0 Å². The summed E-state index contributed by atoms with van der Waals surface area (Å²) in [6.07, 6.45) is 4.14. The number of carbonyl (C=O) groups is 1. The Kier molecular flexibility index (Phi) is 6.80. The van der Waals surface area contributed by atoms with Gasteiger partial charge >= 0.3 is 0 Å². The normalized spacial score (nSPS) is 22.6. The molecule has 6 heteroatoms. The van der Waals surface area contributed by atoms with Crippen LogP contribution in [0.25, 0.3) is 0 Å². The Hall–Kier alpha value is -0.100. The van der Waals surface area contributed by atoms with Crippen LogP contribution in [0.3, 0.4) is 0 Å². The van der Waals surface area contributed by atoms with Crippen molar-refractivity contribution in [3.63, 3.8) is 0 Å². The molecule has 1 aliphatic rings. The summed E-state index contributed by atoms with van der Waals surface area (Å²) in [4.78, 5) is 13.4. The minimum Gasteiger partial charge on any atom is -0.354 e. The molecule has 0 bridgehead atoms. The van der Waals surface area contributed by atoms with E-state index in [1.807, 2.05) is 13.0 Å². The number of hydrogen-bond acceptors (Lipinski definition) is 3. The molecule has 0 saturated carbocycles. The number of rotatable bonds is 4. The third kappa shape index (κ3) is 4.74. The van der Waals surface area contributed by atoms with Gasteiger partial charge < -0.3 is 10.6 Å². The van der Waals surface area contributed by atoms with Crippen molar-refractivity contribution in [3.05, 3.63) is 20.8 Å². The average Bonchev–Trinajstić information content (AvgIpc) is 2.76. The van der Waals surface area contributed by atoms with Gasteiger partial charge in [0.15, 0.2) is 0 Å². The van der Waals surface area contributed by atoms with Crippen molar-refractivity contribution in [1.82, 2.24) is 10.6 Å². The summed E-state index contributed by atoms with van der Waals surface area (Å²) in [5.74, 6) is 0.137. The van der Waals surface area contributed by atoms with Crippen molar-refractivity contribution in [2.75, 3.05) is 13.1 Å². The zero-order valence-electron chi connectivity index (χ0n) is 11.0. The van der Waals surface area contributed by atoms with Crippen molar-refractivity contribution in [1.29, 1.82) is 0 Å². The Balaban J connectivity index is 0.00000180. The molecular formula is C13H20BrClN2OS. The van der Waals surface area contributed by atoms with E-state index in [0.29, 0.717) is 6.54 Å². The van der Waals surface area contributed by atoms with Crippen LogP contribution in [0.4, 0.5) is 0 Å². The quantitative estimate of drug-likeness (QED) is 0.858. The van der Waals surface area contributed by atoms with E-state index in [9.17, 15) is 4.79 Å². The van der Waals surface area contributed by atoms with Gasteiger partial charge in [0.25, 0.3) is 0 Å². The number of halogens is 2. The highest BCUT2D eigenvalue weighted by atomic mass is 79.9. The predicted octanol–water partition coefficient (Wildman–Crippen LogP) is 3.12. The predicted molar refractivity (Wildman–Crippen MR) is 86.2 cm³/mol. The number of carbonyl (C=O) groups excluding carboxylic acids is 1. The number of hydrogen-bond donors (Lipinski definition) is 2. The Bertz CT molecular complexity index is 419. The maximum atomic E-state index is 12.1. The maximum Gasteiger partial charge on any atom is 0.240 e. The lowest BCUT2D eigenvalue weighted by Gasteiger charge is -2.33. The summed E-state index contributed by atoms with van der Waals surface area (Å²) >= 11 is 5.17. The lowest BCUT2D eigenvalue weighted by Crippen LogP contribution is -2.57. The van der Waals surface area contributed by atoms with Crippen molar-refractivity contribution in [2.45, 2.75) is 38.1 Å². The molecule has 0 spiro atoms. The van der Waals surface area contributed by atoms with Crippen LogP contribution in [0.1, 0.15) is 31.1 Å². The van der Waals surface area contributed by atoms with Crippen LogP contribution >= 0.6 is 39.7 Å². The topological polar surface area (TPSA) is 41.1 Å². The monoisotopic (exact) mass is 366 g/mol. The lowest BCUT2D eigenvalue weighted by molar-refractivity contribution is -0.127. The second-order valence-corrected chi connectivity index (χ2v) is 7.48. The average molecular weight is 368 g/mol. The molecule has 0 radical (unpaired) electrons. The third-order valence-electron chi connectivity index (χ3n) is 3.41. The van der Waals surface area contributed by atoms with Crippen LogP contribution in [0, 0.1) is 0 Å². The van der Waals surface area contributed by atoms with Crippen LogP contribution in [-0.4, -0.2) is 24.5 Å². The van der Waals surface area contributed by atoms with Gasteiger partial charge in [-0.15, -0.1) is 23.7 Å². The highest BCUT2D eigenvalue weighted by molar-refractivity contribution is 9.11. The van der Waals surface area contributed by atoms with E-state index in [-0.39, 0.29) is 23.9 Å². The van der Waals surface area contributed by atoms with Crippen LogP contribution in [0.5, 0.6) is 0 Å². The summed E-state index contributed by atoms with van der Waals surface area (Å²) < 4.78 is 1.14. The SMILES string of the molecule is CC1(C(=O)NCCc2ccc(Br)s2)CCCCN1.Cl. The summed E-state index contributed by atoms with van der Waals surface area (Å²) in [7, 11) is 0. The fourth-order valence-electron chi connectivity index (χ4n) is 2.23. The zero-order chi connectivity index (χ0) is 13.0. The molecule has 1 saturated heterocycles. The van der Waals surface area contributed by atoms with Gasteiger partial charge in [-0.05, 0) is 67.2 Å². The van der Waals surface area contributed by atoms with E-state index in [1.165, 1.54) is 11.3 Å². The van der Waals surface area contributed by atoms with E-state index < -0.39 is 0 Å². The second kappa shape index (κ2) is 7.62. The first kappa shape index (κ1) is 17.0. The maximum absolute atomic E-state index is 12.1. The van der Waals surface area contributed by atoms with Crippen LogP contribution in [-0.2, 0) is 11.2 Å². The van der Waals surface area contributed by atoms with E-state index in [0.717, 1.165) is 29.6 Å². The van der Waals surface area contributed by atoms with E-state index in [4.69, 9.17) is 0 Å². The van der Waals surface area contributed by atoms with Gasteiger partial charge in [0.05, 0.1) is 9.33 Å². The molecule has 2 heterocycles. The zero-order valence-corrected chi connectivity index (χ0v) is 14.2. The Morgan fingerprint density at radius 1 is 1.53 bits per heavy atom. The van der Waals surface area contributed by atoms with Gasteiger partial charge in [-0.3, -0.25) is 4.79 Å². The lowest BCUT2D eigenvalue weighted by atomic mass is 9.90. The fourth-order valence-corrected chi connectivity index (χ4v) is 3.71. The number of nitrogens with one attached hydrogen (secondary N) is 2. The first-order valence-corrected chi connectivity index (χ1v) is 7.99. The minimum absolute atomic E-state index is 0. The molecular weight excluding hydrogens is 348 g/mol. The highest BCUT2D eigenvalue weighted by Gasteiger charge is 2.33. The molecule has 108 valence electrons.